The van der Waals surface area contributed by atoms with Crippen molar-refractivity contribution in [3.63, 3.8) is 0 Å². The zero-order valence-corrected chi connectivity index (χ0v) is 39.0. The van der Waals surface area contributed by atoms with Gasteiger partial charge in [0.25, 0.3) is 5.69 Å². The number of H-pyrrole nitrogens is 2. The Bertz CT molecular complexity index is 2390. The number of nitrogen functional groups attached to an aromatic ring is 2. The maximum Gasteiger partial charge on any atom is 1.00 e. The first-order valence-corrected chi connectivity index (χ1v) is 19.0. The van der Waals surface area contributed by atoms with Crippen LogP contribution in [0, 0.1) is 10.1 Å². The Balaban J connectivity index is 0.000000878. The summed E-state index contributed by atoms with van der Waals surface area (Å²) in [5.41, 5.74) is 21.5. The van der Waals surface area contributed by atoms with E-state index in [1.54, 1.807) is 18.5 Å². The van der Waals surface area contributed by atoms with Gasteiger partial charge >= 0.3 is 35.7 Å². The number of aliphatic imine (C=N–C) groups is 1. The van der Waals surface area contributed by atoms with Gasteiger partial charge in [-0.25, -0.2) is 15.0 Å². The molecule has 1 aliphatic rings. The van der Waals surface area contributed by atoms with Crippen LogP contribution in [0.1, 0.15) is 62.3 Å². The number of non-ortho nitro benzene ring substituents is 1. The molecule has 0 radical (unpaired) electrons. The van der Waals surface area contributed by atoms with Gasteiger partial charge in [-0.2, -0.15) is 13.2 Å². The van der Waals surface area contributed by atoms with Crippen molar-refractivity contribution in [2.75, 3.05) is 24.7 Å². The fourth-order valence-electron chi connectivity index (χ4n) is 5.61. The van der Waals surface area contributed by atoms with Crippen molar-refractivity contribution < 1.29 is 68.8 Å². The van der Waals surface area contributed by atoms with Gasteiger partial charge in [-0.05, 0) is 126 Å². The Hall–Kier alpha value is -5.02. The number of pyridine rings is 2. The SMILES string of the molecule is C1CCOC1.Cl.NCc1cc([N+](=O)[O-])ccc1N.Nc1cc(CCC(=S)CCc2ccnc3[nH]ccc23)cc(C(F)(F)F)c1.O=C([O-])O.S=C=NCc1ccnc2[nH]ccc12.[2H]C.[Na+]. The summed E-state index contributed by atoms with van der Waals surface area (Å²) in [5.74, 6) is 0. The van der Waals surface area contributed by atoms with Crippen molar-refractivity contribution in [3.05, 3.63) is 123 Å². The predicted octanol–water partition coefficient (Wildman–Crippen LogP) is 5.65. The fraction of sp³-hybridized carbons (Fsp3) is 0.293. The van der Waals surface area contributed by atoms with Gasteiger partial charge in [0.05, 0.1) is 22.2 Å². The van der Waals surface area contributed by atoms with Crippen LogP contribution in [0.5, 0.6) is 0 Å². The summed E-state index contributed by atoms with van der Waals surface area (Å²) in [4.78, 5) is 37.5. The molecule has 22 heteroatoms. The minimum absolute atomic E-state index is 0. The molecule has 334 valence electrons. The van der Waals surface area contributed by atoms with Crippen LogP contribution in [0.4, 0.5) is 35.0 Å². The van der Waals surface area contributed by atoms with Crippen molar-refractivity contribution >= 4 is 92.2 Å². The molecule has 15 nitrogen and oxygen atoms in total. The summed E-state index contributed by atoms with van der Waals surface area (Å²) < 4.78 is 49.3. The smallest absolute Gasteiger partial charge is 0.565 e. The van der Waals surface area contributed by atoms with E-state index in [9.17, 15) is 23.3 Å². The molecule has 1 aliphatic heterocycles. The Morgan fingerprint density at radius 3 is 2.02 bits per heavy atom. The van der Waals surface area contributed by atoms with Gasteiger partial charge in [-0.15, -0.1) is 12.4 Å². The molecule has 0 unspecified atom stereocenters. The van der Waals surface area contributed by atoms with Gasteiger partial charge < -0.3 is 46.9 Å². The zero-order valence-electron chi connectivity index (χ0n) is 35.5. The van der Waals surface area contributed by atoms with Gasteiger partial charge in [0, 0.05) is 80.2 Å². The molecule has 2 aromatic carbocycles. The van der Waals surface area contributed by atoms with E-state index in [0.717, 1.165) is 69.8 Å². The molecule has 1 saturated heterocycles. The first-order valence-electron chi connectivity index (χ1n) is 19.2. The average Bonchev–Trinajstić information content (AvgIpc) is 4.07. The van der Waals surface area contributed by atoms with E-state index >= 15 is 0 Å². The molecule has 0 atom stereocenters. The molecule has 6 aromatic rings. The number of hydrogen-bond donors (Lipinski definition) is 6. The molecule has 4 aromatic heterocycles. The second-order valence-corrected chi connectivity index (χ2v) is 13.5. The van der Waals surface area contributed by atoms with Crippen LogP contribution in [0.2, 0.25) is 0 Å². The predicted molar refractivity (Wildman–Crippen MR) is 243 cm³/mol. The minimum atomic E-state index is -4.39. The van der Waals surface area contributed by atoms with Crippen LogP contribution in [-0.4, -0.2) is 59.4 Å². The number of rotatable bonds is 10. The Labute approximate surface area is 402 Å². The van der Waals surface area contributed by atoms with E-state index in [1.807, 2.05) is 36.7 Å². The van der Waals surface area contributed by atoms with E-state index in [2.05, 4.69) is 42.3 Å². The molecular weight excluding hydrogens is 894 g/mol. The van der Waals surface area contributed by atoms with Gasteiger partial charge in [0.2, 0.25) is 6.16 Å². The molecule has 0 aliphatic carbocycles. The molecule has 0 bridgehead atoms. The number of isothiocyanates is 1. The summed E-state index contributed by atoms with van der Waals surface area (Å²) in [6.45, 7) is 2.79. The third kappa shape index (κ3) is 20.8. The number of nitrogens with two attached hydrogens (primary N) is 3. The summed E-state index contributed by atoms with van der Waals surface area (Å²) in [6, 6.07) is 15.8. The number of fused-ring (bicyclic) bond motifs is 2. The molecule has 1 fully saturated rings. The van der Waals surface area contributed by atoms with Gasteiger partial charge in [-0.1, -0.05) is 19.6 Å². The number of halogens is 4. The number of aryl methyl sites for hydroxylation is 2. The first kappa shape index (κ1) is 56.0. The molecule has 0 saturated carbocycles. The number of ether oxygens (including phenoxy) is 1. The number of nitrogens with zero attached hydrogens (tertiary/aromatic N) is 4. The fourth-order valence-corrected chi connectivity index (χ4v) is 5.88. The number of carboxylic acid groups (broad SMARTS) is 2. The number of aromatic nitrogens is 4. The molecule has 0 spiro atoms. The van der Waals surface area contributed by atoms with Gasteiger partial charge in [-0.3, -0.25) is 10.1 Å². The van der Waals surface area contributed by atoms with Crippen LogP contribution in [0.3, 0.4) is 0 Å². The Morgan fingerprint density at radius 2 is 1.51 bits per heavy atom. The monoisotopic (exact) mass is 942 g/mol. The second-order valence-electron chi connectivity index (χ2n) is 12.8. The Morgan fingerprint density at radius 1 is 0.952 bits per heavy atom. The zero-order chi connectivity index (χ0) is 46.1. The van der Waals surface area contributed by atoms with E-state index in [4.69, 9.17) is 50.5 Å². The van der Waals surface area contributed by atoms with Crippen LogP contribution in [0.25, 0.3) is 22.1 Å². The van der Waals surface area contributed by atoms with E-state index in [-0.39, 0.29) is 59.9 Å². The number of anilines is 2. The third-order valence-corrected chi connectivity index (χ3v) is 9.05. The van der Waals surface area contributed by atoms with Crippen LogP contribution in [-0.2, 0) is 36.8 Å². The number of aromatic amines is 2. The topological polar surface area (TPSA) is 261 Å². The first-order chi connectivity index (χ1) is 29.6. The quantitative estimate of drug-likeness (QED) is 0.0243. The normalized spacial score (nSPS) is 11.2. The van der Waals surface area contributed by atoms with E-state index < -0.39 is 22.8 Å². The number of hydrogen-bond acceptors (Lipinski definition) is 13. The maximum absolute atomic E-state index is 12.9. The molecular formula is C41H48ClF3N9NaO6S2. The minimum Gasteiger partial charge on any atom is -0.565 e. The molecule has 5 heterocycles. The number of nitro benzene ring substituents is 1. The summed E-state index contributed by atoms with van der Waals surface area (Å²) >= 11 is 9.93. The van der Waals surface area contributed by atoms with Gasteiger partial charge in [0.1, 0.15) is 11.3 Å². The molecule has 7 rings (SSSR count). The van der Waals surface area contributed by atoms with Crippen molar-refractivity contribution in [3.8, 4) is 0 Å². The molecule has 9 N–H and O–H groups in total. The van der Waals surface area contributed by atoms with Gasteiger partial charge in [0.15, 0.2) is 0 Å². The van der Waals surface area contributed by atoms with Crippen LogP contribution >= 0.6 is 36.8 Å². The maximum atomic E-state index is 12.9. The largest absolute Gasteiger partial charge is 1.00 e. The third-order valence-electron chi connectivity index (χ3n) is 8.51. The second kappa shape index (κ2) is 30.1. The number of benzene rings is 2. The average molecular weight is 943 g/mol. The van der Waals surface area contributed by atoms with Crippen molar-refractivity contribution in [2.24, 2.45) is 10.7 Å². The number of nitro groups is 1. The Kier molecular flexibility index (Phi) is 26.8. The van der Waals surface area contributed by atoms with E-state index in [0.29, 0.717) is 42.6 Å². The molecule has 0 amide bonds. The van der Waals surface area contributed by atoms with Crippen LogP contribution < -0.4 is 51.9 Å². The summed E-state index contributed by atoms with van der Waals surface area (Å²) in [6.07, 6.45) is 5.78. The van der Waals surface area contributed by atoms with E-state index in [1.165, 1.54) is 38.4 Å². The van der Waals surface area contributed by atoms with Crippen molar-refractivity contribution in [1.29, 1.82) is 0 Å². The number of alkyl halides is 3. The summed E-state index contributed by atoms with van der Waals surface area (Å²) in [7, 11) is 1.25. The number of nitrogens with one attached hydrogen (secondary N) is 2. The van der Waals surface area contributed by atoms with Crippen LogP contribution in [0.15, 0.2) is 90.4 Å². The number of carbonyl (C=O) groups is 1. The van der Waals surface area contributed by atoms with Crippen molar-refractivity contribution in [1.82, 2.24) is 19.9 Å². The number of thiocarbonyl (C=S) groups is 2. The van der Waals surface area contributed by atoms with Crippen molar-refractivity contribution in [2.45, 2.75) is 65.2 Å². The summed E-state index contributed by atoms with van der Waals surface area (Å²) in [5, 5.41) is 30.1. The standard InChI is InChI=1S/C19H18F3N3S.C9H7N3S.C7H9N3O2.C4H8O.CH2O3.CH4.ClH.Na/c20-19(21,22)14-9-12(10-15(23)11-14)1-3-16(26)4-2-13-5-7-24-18-17(13)6-8-25-18;13-6-10-5-7-1-3-11-9-8(7)2-4-12-9;8-4-5-3-6(10(11)12)1-2-7(5)9;1-2-4-5-3-1;2-1(3)4;;;/h5-11H,1-4,23H2,(H,24,25);1-4H,5H2,(H,11,12);1-3H,4,8-9H2;1-4H2;(H2,2,3,4);1H4;1H;/q;;;;;;;+1/p-1/i;;;;;1D;;. The molecule has 63 heavy (non-hydrogen) atoms.